The van der Waals surface area contributed by atoms with E-state index in [9.17, 15) is 8.42 Å². The molecule has 0 radical (unpaired) electrons. The average Bonchev–Trinajstić information content (AvgIpc) is 2.20. The van der Waals surface area contributed by atoms with Crippen molar-refractivity contribution in [3.63, 3.8) is 0 Å². The van der Waals surface area contributed by atoms with Crippen molar-refractivity contribution >= 4 is 15.5 Å². The summed E-state index contributed by atoms with van der Waals surface area (Å²) in [6, 6.07) is 5.03. The number of sulfone groups is 1. The first kappa shape index (κ1) is 12.8. The molecule has 0 aliphatic rings. The number of ether oxygens (including phenoxy) is 1. The zero-order chi connectivity index (χ0) is 12.3. The van der Waals surface area contributed by atoms with Crippen LogP contribution in [0.2, 0.25) is 0 Å². The normalized spacial score (nSPS) is 11.8. The van der Waals surface area contributed by atoms with Crippen molar-refractivity contribution in [2.75, 3.05) is 12.8 Å². The second-order valence-electron chi connectivity index (χ2n) is 3.92. The van der Waals surface area contributed by atoms with Crippen LogP contribution in [-0.4, -0.2) is 20.8 Å². The van der Waals surface area contributed by atoms with Crippen LogP contribution in [0.15, 0.2) is 18.2 Å². The summed E-state index contributed by atoms with van der Waals surface area (Å²) < 4.78 is 28.4. The summed E-state index contributed by atoms with van der Waals surface area (Å²) in [5.74, 6) is 0.601. The standard InChI is InChI=1S/C11H17NO3S/c1-8(2)16(13,14)7-9-4-5-10(15-3)6-11(9)12/h4-6,8H,7,12H2,1-3H3. The Balaban J connectivity index is 2.99. The summed E-state index contributed by atoms with van der Waals surface area (Å²) in [4.78, 5) is 0. The van der Waals surface area contributed by atoms with E-state index in [1.165, 1.54) is 0 Å². The summed E-state index contributed by atoms with van der Waals surface area (Å²) in [6.07, 6.45) is 0. The smallest absolute Gasteiger partial charge is 0.156 e. The van der Waals surface area contributed by atoms with Gasteiger partial charge in [0.1, 0.15) is 5.75 Å². The number of hydrogen-bond acceptors (Lipinski definition) is 4. The Morgan fingerprint density at radius 3 is 2.44 bits per heavy atom. The first-order valence-corrected chi connectivity index (χ1v) is 6.72. The van der Waals surface area contributed by atoms with Gasteiger partial charge in [0.15, 0.2) is 9.84 Å². The lowest BCUT2D eigenvalue weighted by atomic mass is 10.2. The number of anilines is 1. The minimum absolute atomic E-state index is 0.0273. The molecule has 0 atom stereocenters. The maximum Gasteiger partial charge on any atom is 0.156 e. The van der Waals surface area contributed by atoms with Crippen molar-refractivity contribution in [1.82, 2.24) is 0 Å². The Bertz CT molecular complexity index is 466. The molecule has 1 aromatic rings. The number of hydrogen-bond donors (Lipinski definition) is 1. The van der Waals surface area contributed by atoms with Crippen LogP contribution in [0.25, 0.3) is 0 Å². The van der Waals surface area contributed by atoms with Crippen LogP contribution in [0.4, 0.5) is 5.69 Å². The van der Waals surface area contributed by atoms with E-state index in [1.807, 2.05) is 0 Å². The van der Waals surface area contributed by atoms with E-state index in [-0.39, 0.29) is 5.75 Å². The molecule has 0 saturated heterocycles. The Labute approximate surface area is 96.3 Å². The molecule has 0 aliphatic carbocycles. The summed E-state index contributed by atoms with van der Waals surface area (Å²) >= 11 is 0. The second kappa shape index (κ2) is 4.74. The van der Waals surface area contributed by atoms with Crippen molar-refractivity contribution in [3.8, 4) is 5.75 Å². The van der Waals surface area contributed by atoms with E-state index in [0.717, 1.165) is 0 Å². The first-order valence-electron chi connectivity index (χ1n) is 5.01. The van der Waals surface area contributed by atoms with Gasteiger partial charge in [-0.15, -0.1) is 0 Å². The van der Waals surface area contributed by atoms with E-state index < -0.39 is 15.1 Å². The molecule has 0 aliphatic heterocycles. The molecule has 90 valence electrons. The highest BCUT2D eigenvalue weighted by molar-refractivity contribution is 7.91. The predicted octanol–water partition coefficient (Wildman–Crippen LogP) is 1.60. The summed E-state index contributed by atoms with van der Waals surface area (Å²) in [5, 5.41) is -0.394. The molecule has 1 aromatic carbocycles. The van der Waals surface area contributed by atoms with E-state index in [4.69, 9.17) is 10.5 Å². The van der Waals surface area contributed by atoms with Gasteiger partial charge in [0, 0.05) is 11.8 Å². The third-order valence-corrected chi connectivity index (χ3v) is 4.58. The number of rotatable bonds is 4. The van der Waals surface area contributed by atoms with Gasteiger partial charge in [0.05, 0.1) is 18.1 Å². The van der Waals surface area contributed by atoms with Crippen LogP contribution >= 0.6 is 0 Å². The molecule has 0 aromatic heterocycles. The van der Waals surface area contributed by atoms with E-state index in [1.54, 1.807) is 39.2 Å². The molecule has 0 saturated carbocycles. The molecule has 1 rings (SSSR count). The maximum absolute atomic E-state index is 11.7. The van der Waals surface area contributed by atoms with Gasteiger partial charge in [-0.1, -0.05) is 6.07 Å². The molecule has 4 nitrogen and oxygen atoms in total. The molecule has 0 unspecified atom stereocenters. The number of nitrogens with two attached hydrogens (primary N) is 1. The Kier molecular flexibility index (Phi) is 3.80. The molecule has 0 bridgehead atoms. The van der Waals surface area contributed by atoms with Gasteiger partial charge in [-0.25, -0.2) is 8.42 Å². The van der Waals surface area contributed by atoms with Gasteiger partial charge in [-0.2, -0.15) is 0 Å². The topological polar surface area (TPSA) is 69.4 Å². The molecule has 0 heterocycles. The Morgan fingerprint density at radius 2 is 2.00 bits per heavy atom. The fourth-order valence-electron chi connectivity index (χ4n) is 1.21. The van der Waals surface area contributed by atoms with Crippen LogP contribution in [0.1, 0.15) is 19.4 Å². The lowest BCUT2D eigenvalue weighted by Crippen LogP contribution is -2.16. The van der Waals surface area contributed by atoms with Crippen LogP contribution in [0, 0.1) is 0 Å². The zero-order valence-electron chi connectivity index (χ0n) is 9.73. The van der Waals surface area contributed by atoms with E-state index >= 15 is 0 Å². The van der Waals surface area contributed by atoms with Crippen LogP contribution in [-0.2, 0) is 15.6 Å². The summed E-state index contributed by atoms with van der Waals surface area (Å²) in [5.41, 5.74) is 6.83. The molecular weight excluding hydrogens is 226 g/mol. The lowest BCUT2D eigenvalue weighted by molar-refractivity contribution is 0.415. The number of benzene rings is 1. The monoisotopic (exact) mass is 243 g/mol. The highest BCUT2D eigenvalue weighted by atomic mass is 32.2. The summed E-state index contributed by atoms with van der Waals surface area (Å²) in [6.45, 7) is 3.32. The molecule has 0 spiro atoms. The minimum Gasteiger partial charge on any atom is -0.497 e. The van der Waals surface area contributed by atoms with Crippen molar-refractivity contribution in [2.24, 2.45) is 0 Å². The second-order valence-corrected chi connectivity index (χ2v) is 6.48. The average molecular weight is 243 g/mol. The fourth-order valence-corrected chi connectivity index (χ4v) is 2.24. The van der Waals surface area contributed by atoms with Crippen LogP contribution < -0.4 is 10.5 Å². The molecule has 0 fully saturated rings. The molecular formula is C11H17NO3S. The number of methoxy groups -OCH3 is 1. The van der Waals surface area contributed by atoms with Gasteiger partial charge in [-0.3, -0.25) is 0 Å². The van der Waals surface area contributed by atoms with Crippen LogP contribution in [0.3, 0.4) is 0 Å². The summed E-state index contributed by atoms with van der Waals surface area (Å²) in [7, 11) is -1.57. The number of nitrogen functional groups attached to an aromatic ring is 1. The van der Waals surface area contributed by atoms with Gasteiger partial charge < -0.3 is 10.5 Å². The first-order chi connectivity index (χ1) is 7.36. The molecule has 16 heavy (non-hydrogen) atoms. The maximum atomic E-state index is 11.7. The highest BCUT2D eigenvalue weighted by Gasteiger charge is 2.18. The molecule has 5 heteroatoms. The Hall–Kier alpha value is -1.23. The van der Waals surface area contributed by atoms with Gasteiger partial charge in [-0.05, 0) is 25.5 Å². The van der Waals surface area contributed by atoms with Gasteiger partial charge in [0.25, 0.3) is 0 Å². The molecule has 2 N–H and O–H groups in total. The van der Waals surface area contributed by atoms with Crippen molar-refractivity contribution in [1.29, 1.82) is 0 Å². The lowest BCUT2D eigenvalue weighted by Gasteiger charge is -2.10. The van der Waals surface area contributed by atoms with Gasteiger partial charge >= 0.3 is 0 Å². The third-order valence-electron chi connectivity index (χ3n) is 2.43. The SMILES string of the molecule is COc1ccc(CS(=O)(=O)C(C)C)c(N)c1. The van der Waals surface area contributed by atoms with E-state index in [0.29, 0.717) is 17.0 Å². The van der Waals surface area contributed by atoms with Crippen LogP contribution in [0.5, 0.6) is 5.75 Å². The largest absolute Gasteiger partial charge is 0.497 e. The van der Waals surface area contributed by atoms with Gasteiger partial charge in [0.2, 0.25) is 0 Å². The quantitative estimate of drug-likeness (QED) is 0.815. The molecule has 0 amide bonds. The predicted molar refractivity (Wildman–Crippen MR) is 65.2 cm³/mol. The fraction of sp³-hybridized carbons (Fsp3) is 0.455. The van der Waals surface area contributed by atoms with Crippen molar-refractivity contribution in [2.45, 2.75) is 24.9 Å². The van der Waals surface area contributed by atoms with Crippen molar-refractivity contribution in [3.05, 3.63) is 23.8 Å². The highest BCUT2D eigenvalue weighted by Crippen LogP contribution is 2.22. The zero-order valence-corrected chi connectivity index (χ0v) is 10.5. The van der Waals surface area contributed by atoms with Crippen molar-refractivity contribution < 1.29 is 13.2 Å². The Morgan fingerprint density at radius 1 is 1.38 bits per heavy atom. The van der Waals surface area contributed by atoms with E-state index in [2.05, 4.69) is 0 Å². The minimum atomic E-state index is -3.11. The third kappa shape index (κ3) is 2.88.